The molecule has 0 aromatic heterocycles. The summed E-state index contributed by atoms with van der Waals surface area (Å²) in [6.45, 7) is 6.65. The van der Waals surface area contributed by atoms with Gasteiger partial charge in [0.25, 0.3) is 0 Å². The average molecular weight is 368 g/mol. The number of esters is 1. The first kappa shape index (κ1) is 19.9. The minimum absolute atomic E-state index is 0.121. The first-order valence-electron chi connectivity index (χ1n) is 9.04. The van der Waals surface area contributed by atoms with Crippen LogP contribution in [0.25, 0.3) is 0 Å². The van der Waals surface area contributed by atoms with Crippen molar-refractivity contribution in [2.75, 3.05) is 25.4 Å². The maximum absolute atomic E-state index is 12.8. The molecule has 0 aliphatic carbocycles. The standard InChI is InChI=1S/C19H29NO4S/c1-4-13-25(22,23)20-12-8-11-19(15-20,18(21)24-5-2)14-17-10-7-6-9-16(17)3/h6-7,9-10H,4-5,8,11-15H2,1-3H3/t19-/m0/s1. The zero-order valence-electron chi connectivity index (χ0n) is 15.5. The van der Waals surface area contributed by atoms with Crippen LogP contribution >= 0.6 is 0 Å². The van der Waals surface area contributed by atoms with Crippen LogP contribution in [0.3, 0.4) is 0 Å². The van der Waals surface area contributed by atoms with Crippen LogP contribution in [-0.4, -0.2) is 44.1 Å². The van der Waals surface area contributed by atoms with Crippen molar-refractivity contribution in [2.24, 2.45) is 5.41 Å². The number of sulfonamides is 1. The fraction of sp³-hybridized carbons (Fsp3) is 0.632. The van der Waals surface area contributed by atoms with Crippen LogP contribution in [0.5, 0.6) is 0 Å². The molecule has 0 bridgehead atoms. The molecule has 5 nitrogen and oxygen atoms in total. The van der Waals surface area contributed by atoms with Crippen molar-refractivity contribution in [3.63, 3.8) is 0 Å². The maximum atomic E-state index is 12.8. The fourth-order valence-electron chi connectivity index (χ4n) is 3.55. The lowest BCUT2D eigenvalue weighted by Crippen LogP contribution is -2.52. The Balaban J connectivity index is 2.35. The van der Waals surface area contributed by atoms with E-state index in [9.17, 15) is 13.2 Å². The number of hydrogen-bond donors (Lipinski definition) is 0. The smallest absolute Gasteiger partial charge is 0.313 e. The molecule has 0 saturated carbocycles. The molecule has 1 fully saturated rings. The summed E-state index contributed by atoms with van der Waals surface area (Å²) in [6, 6.07) is 7.95. The van der Waals surface area contributed by atoms with E-state index in [1.165, 1.54) is 4.31 Å². The molecule has 0 radical (unpaired) electrons. The summed E-state index contributed by atoms with van der Waals surface area (Å²) in [4.78, 5) is 12.8. The molecule has 6 heteroatoms. The number of hydrogen-bond acceptors (Lipinski definition) is 4. The van der Waals surface area contributed by atoms with Gasteiger partial charge in [-0.1, -0.05) is 31.2 Å². The molecule has 1 saturated heterocycles. The first-order valence-corrected chi connectivity index (χ1v) is 10.6. The molecule has 0 unspecified atom stereocenters. The molecule has 0 N–H and O–H groups in total. The predicted octanol–water partition coefficient (Wildman–Crippen LogP) is 2.92. The highest BCUT2D eigenvalue weighted by Gasteiger charge is 2.46. The normalized spacial score (nSPS) is 21.9. The van der Waals surface area contributed by atoms with Gasteiger partial charge in [0.15, 0.2) is 0 Å². The van der Waals surface area contributed by atoms with Crippen molar-refractivity contribution in [1.29, 1.82) is 0 Å². The van der Waals surface area contributed by atoms with Gasteiger partial charge in [-0.25, -0.2) is 12.7 Å². The van der Waals surface area contributed by atoms with Gasteiger partial charge in [0.05, 0.1) is 17.8 Å². The molecule has 1 heterocycles. The van der Waals surface area contributed by atoms with Gasteiger partial charge in [-0.3, -0.25) is 4.79 Å². The van der Waals surface area contributed by atoms with Crippen LogP contribution in [0, 0.1) is 12.3 Å². The Hall–Kier alpha value is -1.40. The molecule has 1 aliphatic rings. The highest BCUT2D eigenvalue weighted by atomic mass is 32.2. The Kier molecular flexibility index (Phi) is 6.63. The molecule has 1 aliphatic heterocycles. The lowest BCUT2D eigenvalue weighted by molar-refractivity contribution is -0.157. The third kappa shape index (κ3) is 4.61. The second-order valence-corrected chi connectivity index (χ2v) is 8.95. The van der Waals surface area contributed by atoms with Crippen LogP contribution < -0.4 is 0 Å². The van der Waals surface area contributed by atoms with Gasteiger partial charge in [-0.05, 0) is 50.7 Å². The van der Waals surface area contributed by atoms with Gasteiger partial charge in [-0.15, -0.1) is 0 Å². The third-order valence-electron chi connectivity index (χ3n) is 4.90. The number of piperidine rings is 1. The van der Waals surface area contributed by atoms with E-state index in [4.69, 9.17) is 4.74 Å². The Bertz CT molecular complexity index is 701. The van der Waals surface area contributed by atoms with Crippen molar-refractivity contribution in [1.82, 2.24) is 4.31 Å². The van der Waals surface area contributed by atoms with E-state index < -0.39 is 15.4 Å². The number of carbonyl (C=O) groups is 1. The molecule has 25 heavy (non-hydrogen) atoms. The largest absolute Gasteiger partial charge is 0.466 e. The van der Waals surface area contributed by atoms with Crippen LogP contribution in [0.1, 0.15) is 44.2 Å². The summed E-state index contributed by atoms with van der Waals surface area (Å²) in [5.41, 5.74) is 1.38. The van der Waals surface area contributed by atoms with Crippen molar-refractivity contribution >= 4 is 16.0 Å². The third-order valence-corrected chi connectivity index (χ3v) is 6.92. The van der Waals surface area contributed by atoms with Crippen LogP contribution in [0.4, 0.5) is 0 Å². The van der Waals surface area contributed by atoms with Crippen molar-refractivity contribution < 1.29 is 17.9 Å². The Labute approximate surface area is 151 Å². The number of nitrogens with zero attached hydrogens (tertiary/aromatic N) is 1. The van der Waals surface area contributed by atoms with Crippen LogP contribution in [-0.2, 0) is 26.0 Å². The minimum atomic E-state index is -3.33. The Morgan fingerprint density at radius 2 is 2.00 bits per heavy atom. The molecule has 1 aromatic rings. The highest BCUT2D eigenvalue weighted by molar-refractivity contribution is 7.89. The zero-order chi connectivity index (χ0) is 18.5. The lowest BCUT2D eigenvalue weighted by Gasteiger charge is -2.40. The van der Waals surface area contributed by atoms with E-state index in [0.29, 0.717) is 38.8 Å². The molecule has 0 spiro atoms. The molecule has 1 atom stereocenters. The van der Waals surface area contributed by atoms with Crippen molar-refractivity contribution in [2.45, 2.75) is 46.5 Å². The zero-order valence-corrected chi connectivity index (χ0v) is 16.3. The van der Waals surface area contributed by atoms with Gasteiger partial charge in [-0.2, -0.15) is 0 Å². The number of carbonyl (C=O) groups excluding carboxylic acids is 1. The molecule has 0 amide bonds. The summed E-state index contributed by atoms with van der Waals surface area (Å²) >= 11 is 0. The number of benzene rings is 1. The topological polar surface area (TPSA) is 63.7 Å². The second-order valence-electron chi connectivity index (χ2n) is 6.86. The van der Waals surface area contributed by atoms with E-state index >= 15 is 0 Å². The Morgan fingerprint density at radius 3 is 2.64 bits per heavy atom. The average Bonchev–Trinajstić information content (AvgIpc) is 2.57. The number of aryl methyl sites for hydroxylation is 1. The van der Waals surface area contributed by atoms with E-state index in [1.807, 2.05) is 38.1 Å². The van der Waals surface area contributed by atoms with Gasteiger partial charge >= 0.3 is 5.97 Å². The van der Waals surface area contributed by atoms with Gasteiger partial charge in [0.1, 0.15) is 0 Å². The first-order chi connectivity index (χ1) is 11.8. The SMILES string of the molecule is CCCS(=O)(=O)N1CCC[C@@](Cc2ccccc2C)(C(=O)OCC)C1. The second kappa shape index (κ2) is 8.32. The monoisotopic (exact) mass is 367 g/mol. The molecule has 140 valence electrons. The number of ether oxygens (including phenoxy) is 1. The van der Waals surface area contributed by atoms with E-state index in [0.717, 1.165) is 11.1 Å². The number of rotatable bonds is 7. The lowest BCUT2D eigenvalue weighted by atomic mass is 9.75. The predicted molar refractivity (Wildman–Crippen MR) is 98.8 cm³/mol. The maximum Gasteiger partial charge on any atom is 0.313 e. The van der Waals surface area contributed by atoms with Crippen molar-refractivity contribution in [3.05, 3.63) is 35.4 Å². The molecule has 2 rings (SSSR count). The van der Waals surface area contributed by atoms with E-state index in [1.54, 1.807) is 6.92 Å². The molecular weight excluding hydrogens is 338 g/mol. The van der Waals surface area contributed by atoms with Crippen molar-refractivity contribution in [3.8, 4) is 0 Å². The van der Waals surface area contributed by atoms with Crippen LogP contribution in [0.15, 0.2) is 24.3 Å². The van der Waals surface area contributed by atoms with Gasteiger partial charge in [0, 0.05) is 13.1 Å². The van der Waals surface area contributed by atoms with E-state index in [2.05, 4.69) is 0 Å². The summed E-state index contributed by atoms with van der Waals surface area (Å²) < 4.78 is 31.9. The summed E-state index contributed by atoms with van der Waals surface area (Å²) in [5.74, 6) is -0.161. The van der Waals surface area contributed by atoms with Gasteiger partial charge in [0.2, 0.25) is 10.0 Å². The fourth-order valence-corrected chi connectivity index (χ4v) is 5.18. The molecule has 1 aromatic carbocycles. The van der Waals surface area contributed by atoms with Gasteiger partial charge < -0.3 is 4.74 Å². The summed E-state index contributed by atoms with van der Waals surface area (Å²) in [7, 11) is -3.33. The van der Waals surface area contributed by atoms with Crippen LogP contribution in [0.2, 0.25) is 0 Å². The summed E-state index contributed by atoms with van der Waals surface area (Å²) in [5, 5.41) is 0. The minimum Gasteiger partial charge on any atom is -0.466 e. The van der Waals surface area contributed by atoms with E-state index in [-0.39, 0.29) is 18.3 Å². The quantitative estimate of drug-likeness (QED) is 0.695. The molecular formula is C19H29NO4S. The Morgan fingerprint density at radius 1 is 1.28 bits per heavy atom. The highest BCUT2D eigenvalue weighted by Crippen LogP contribution is 2.37. The summed E-state index contributed by atoms with van der Waals surface area (Å²) in [6.07, 6.45) is 2.41.